The van der Waals surface area contributed by atoms with Crippen molar-refractivity contribution in [2.24, 2.45) is 0 Å². The number of carbonyl (C=O) groups excluding carboxylic acids is 1. The largest absolute Gasteiger partial charge is 0.480 e. The summed E-state index contributed by atoms with van der Waals surface area (Å²) in [6, 6.07) is 5.75. The van der Waals surface area contributed by atoms with Crippen LogP contribution in [0.3, 0.4) is 0 Å². The third kappa shape index (κ3) is 2.79. The minimum absolute atomic E-state index is 0.309. The molecule has 5 heteroatoms. The van der Waals surface area contributed by atoms with Crippen molar-refractivity contribution in [3.63, 3.8) is 0 Å². The number of likely N-dealkylation sites (N-methyl/N-ethyl adjacent to an activating group) is 1. The predicted molar refractivity (Wildman–Crippen MR) is 89.8 cm³/mol. The third-order valence-corrected chi connectivity index (χ3v) is 4.51. The molecule has 1 heterocycles. The van der Waals surface area contributed by atoms with Crippen LogP contribution in [0, 0.1) is 20.8 Å². The zero-order valence-corrected chi connectivity index (χ0v) is 14.4. The van der Waals surface area contributed by atoms with Gasteiger partial charge in [0.05, 0.1) is 11.1 Å². The second-order valence-electron chi connectivity index (χ2n) is 6.45. The van der Waals surface area contributed by atoms with Crippen molar-refractivity contribution in [3.05, 3.63) is 40.6 Å². The summed E-state index contributed by atoms with van der Waals surface area (Å²) in [4.78, 5) is 30.3. The molecule has 1 amide bonds. The zero-order chi connectivity index (χ0) is 17.5. The summed E-state index contributed by atoms with van der Waals surface area (Å²) in [5.74, 6) is -1.35. The molecule has 0 aliphatic heterocycles. The second kappa shape index (κ2) is 5.65. The molecule has 0 aliphatic rings. The van der Waals surface area contributed by atoms with Crippen LogP contribution in [0.1, 0.15) is 41.0 Å². The number of carboxylic acid groups (broad SMARTS) is 1. The van der Waals surface area contributed by atoms with Crippen molar-refractivity contribution < 1.29 is 14.7 Å². The van der Waals surface area contributed by atoms with Crippen LogP contribution in [0.15, 0.2) is 18.2 Å². The number of carboxylic acids is 1. The highest BCUT2D eigenvalue weighted by Crippen LogP contribution is 2.27. The number of benzene rings is 1. The van der Waals surface area contributed by atoms with Gasteiger partial charge < -0.3 is 10.0 Å². The average Bonchev–Trinajstić information content (AvgIpc) is 2.47. The van der Waals surface area contributed by atoms with Gasteiger partial charge in [0.15, 0.2) is 0 Å². The zero-order valence-electron chi connectivity index (χ0n) is 14.4. The van der Waals surface area contributed by atoms with Crippen molar-refractivity contribution in [2.75, 3.05) is 7.05 Å². The Morgan fingerprint density at radius 1 is 1.17 bits per heavy atom. The number of rotatable bonds is 3. The number of aliphatic carboxylic acids is 1. The van der Waals surface area contributed by atoms with Crippen LogP contribution in [0.25, 0.3) is 10.9 Å². The van der Waals surface area contributed by atoms with Gasteiger partial charge >= 0.3 is 5.97 Å². The summed E-state index contributed by atoms with van der Waals surface area (Å²) in [6.45, 7) is 8.69. The van der Waals surface area contributed by atoms with Gasteiger partial charge in [-0.05, 0) is 52.3 Å². The lowest BCUT2D eigenvalue weighted by Gasteiger charge is -2.32. The number of aryl methyl sites for hydroxylation is 2. The van der Waals surface area contributed by atoms with Gasteiger partial charge in [0.2, 0.25) is 0 Å². The molecule has 0 saturated heterocycles. The predicted octanol–water partition coefficient (Wildman–Crippen LogP) is 3.10. The molecule has 0 fully saturated rings. The summed E-state index contributed by atoms with van der Waals surface area (Å²) < 4.78 is 0. The monoisotopic (exact) mass is 314 g/mol. The molecule has 0 unspecified atom stereocenters. The van der Waals surface area contributed by atoms with E-state index in [0.717, 1.165) is 27.7 Å². The molecular weight excluding hydrogens is 292 g/mol. The van der Waals surface area contributed by atoms with Gasteiger partial charge in [-0.1, -0.05) is 11.6 Å². The summed E-state index contributed by atoms with van der Waals surface area (Å²) in [7, 11) is 1.52. The lowest BCUT2D eigenvalue weighted by atomic mass is 9.96. The first-order valence-electron chi connectivity index (χ1n) is 7.46. The second-order valence-corrected chi connectivity index (χ2v) is 6.45. The first-order valence-corrected chi connectivity index (χ1v) is 7.46. The van der Waals surface area contributed by atoms with E-state index >= 15 is 0 Å². The number of amides is 1. The Hall–Kier alpha value is -2.43. The number of carbonyl (C=O) groups is 2. The molecule has 0 saturated carbocycles. The lowest BCUT2D eigenvalue weighted by molar-refractivity contribution is -0.147. The van der Waals surface area contributed by atoms with Gasteiger partial charge in [0, 0.05) is 18.1 Å². The number of pyridine rings is 1. The molecule has 1 aromatic carbocycles. The fourth-order valence-corrected chi connectivity index (χ4v) is 2.44. The minimum atomic E-state index is -1.29. The topological polar surface area (TPSA) is 70.5 Å². The molecular formula is C18H22N2O3. The Kier molecular flexibility index (Phi) is 4.16. The van der Waals surface area contributed by atoms with Gasteiger partial charge in [-0.3, -0.25) is 9.78 Å². The first kappa shape index (κ1) is 16.9. The molecule has 2 aromatic rings. The molecule has 0 atom stereocenters. The van der Waals surface area contributed by atoms with E-state index in [9.17, 15) is 14.7 Å². The Morgan fingerprint density at radius 3 is 2.35 bits per heavy atom. The number of hydrogen-bond donors (Lipinski definition) is 1. The van der Waals surface area contributed by atoms with Gasteiger partial charge in [0.25, 0.3) is 5.91 Å². The van der Waals surface area contributed by atoms with E-state index in [2.05, 4.69) is 4.98 Å². The van der Waals surface area contributed by atoms with Gasteiger partial charge in [-0.25, -0.2) is 4.79 Å². The smallest absolute Gasteiger partial charge is 0.329 e. The van der Waals surface area contributed by atoms with Crippen molar-refractivity contribution in [1.29, 1.82) is 0 Å². The fourth-order valence-electron chi connectivity index (χ4n) is 2.44. The normalized spacial score (nSPS) is 11.6. The quantitative estimate of drug-likeness (QED) is 0.945. The minimum Gasteiger partial charge on any atom is -0.480 e. The van der Waals surface area contributed by atoms with Crippen LogP contribution in [-0.4, -0.2) is 39.5 Å². The van der Waals surface area contributed by atoms with E-state index in [1.165, 1.54) is 25.8 Å². The Balaban J connectivity index is 2.71. The van der Waals surface area contributed by atoms with Crippen molar-refractivity contribution in [2.45, 2.75) is 40.2 Å². The number of hydrogen-bond acceptors (Lipinski definition) is 3. The summed E-state index contributed by atoms with van der Waals surface area (Å²) >= 11 is 0. The van der Waals surface area contributed by atoms with Crippen LogP contribution < -0.4 is 0 Å². The molecule has 1 aromatic heterocycles. The van der Waals surface area contributed by atoms with Crippen LogP contribution in [0.2, 0.25) is 0 Å². The Labute approximate surface area is 135 Å². The number of fused-ring (bicyclic) bond motifs is 1. The highest BCUT2D eigenvalue weighted by molar-refractivity contribution is 6.09. The maximum absolute atomic E-state index is 13.0. The van der Waals surface area contributed by atoms with E-state index in [-0.39, 0.29) is 5.91 Å². The van der Waals surface area contributed by atoms with Crippen LogP contribution in [0.5, 0.6) is 0 Å². The first-order chi connectivity index (χ1) is 10.6. The van der Waals surface area contributed by atoms with Crippen molar-refractivity contribution >= 4 is 22.8 Å². The molecule has 2 rings (SSSR count). The molecule has 0 bridgehead atoms. The maximum atomic E-state index is 13.0. The van der Waals surface area contributed by atoms with Crippen LogP contribution in [-0.2, 0) is 4.79 Å². The van der Waals surface area contributed by atoms with Gasteiger partial charge in [0.1, 0.15) is 5.54 Å². The number of aromatic nitrogens is 1. The Bertz CT molecular complexity index is 810. The van der Waals surface area contributed by atoms with Crippen molar-refractivity contribution in [1.82, 2.24) is 9.88 Å². The number of nitrogens with zero attached hydrogens (tertiary/aromatic N) is 2. The lowest BCUT2D eigenvalue weighted by Crippen LogP contribution is -2.51. The van der Waals surface area contributed by atoms with Crippen LogP contribution in [0.4, 0.5) is 0 Å². The third-order valence-electron chi connectivity index (χ3n) is 4.51. The van der Waals surface area contributed by atoms with Crippen molar-refractivity contribution in [3.8, 4) is 0 Å². The molecule has 1 N–H and O–H groups in total. The van der Waals surface area contributed by atoms with E-state index in [0.29, 0.717) is 5.56 Å². The highest BCUT2D eigenvalue weighted by atomic mass is 16.4. The molecule has 0 spiro atoms. The summed E-state index contributed by atoms with van der Waals surface area (Å²) in [5, 5.41) is 10.1. The molecule has 5 nitrogen and oxygen atoms in total. The molecule has 0 radical (unpaired) electrons. The standard InChI is InChI=1S/C18H22N2O3/c1-10-7-8-14-13(9-10)15(11(2)12(3)19-14)16(21)20(6)18(4,5)17(22)23/h7-9H,1-6H3,(H,22,23). The average molecular weight is 314 g/mol. The van der Waals surface area contributed by atoms with E-state index < -0.39 is 11.5 Å². The highest BCUT2D eigenvalue weighted by Gasteiger charge is 2.36. The molecule has 0 aliphatic carbocycles. The van der Waals surface area contributed by atoms with E-state index in [1.807, 2.05) is 39.0 Å². The van der Waals surface area contributed by atoms with Gasteiger partial charge in [-0.2, -0.15) is 0 Å². The van der Waals surface area contributed by atoms with E-state index in [1.54, 1.807) is 0 Å². The SMILES string of the molecule is Cc1ccc2nc(C)c(C)c(C(=O)N(C)C(C)(C)C(=O)O)c2c1. The summed E-state index contributed by atoms with van der Waals surface area (Å²) in [6.07, 6.45) is 0. The molecule has 122 valence electrons. The molecule has 23 heavy (non-hydrogen) atoms. The summed E-state index contributed by atoms with van der Waals surface area (Å²) in [5.41, 5.74) is 2.54. The van der Waals surface area contributed by atoms with E-state index in [4.69, 9.17) is 0 Å². The van der Waals surface area contributed by atoms with Crippen LogP contribution >= 0.6 is 0 Å². The fraction of sp³-hybridized carbons (Fsp3) is 0.389. The Morgan fingerprint density at radius 2 is 1.78 bits per heavy atom. The van der Waals surface area contributed by atoms with Gasteiger partial charge in [-0.15, -0.1) is 0 Å². The maximum Gasteiger partial charge on any atom is 0.329 e.